The zero-order chi connectivity index (χ0) is 15.2. The summed E-state index contributed by atoms with van der Waals surface area (Å²) in [7, 11) is -1.08. The molecule has 0 unspecified atom stereocenters. The summed E-state index contributed by atoms with van der Waals surface area (Å²) in [6, 6.07) is 4.09. The number of hydrogen-bond donors (Lipinski definition) is 1. The van der Waals surface area contributed by atoms with Gasteiger partial charge in [0.1, 0.15) is 17.3 Å². The Labute approximate surface area is 118 Å². The number of rotatable bonds is 6. The van der Waals surface area contributed by atoms with E-state index >= 15 is 0 Å². The first-order valence-electron chi connectivity index (χ1n) is 5.86. The van der Waals surface area contributed by atoms with Crippen LogP contribution < -0.4 is 9.46 Å². The zero-order valence-corrected chi connectivity index (χ0v) is 12.4. The van der Waals surface area contributed by atoms with Gasteiger partial charge in [-0.05, 0) is 32.2 Å². The van der Waals surface area contributed by atoms with Crippen molar-refractivity contribution in [3.63, 3.8) is 0 Å². The van der Waals surface area contributed by atoms with Crippen molar-refractivity contribution in [2.24, 2.45) is 0 Å². The van der Waals surface area contributed by atoms with Crippen molar-refractivity contribution in [2.45, 2.75) is 11.8 Å². The summed E-state index contributed by atoms with van der Waals surface area (Å²) < 4.78 is 35.8. The van der Waals surface area contributed by atoms with Crippen molar-refractivity contribution in [3.05, 3.63) is 35.9 Å². The maximum absolute atomic E-state index is 11.9. The maximum Gasteiger partial charge on any atom is 0.338 e. The molecule has 0 aromatic heterocycles. The van der Waals surface area contributed by atoms with Crippen LogP contribution in [0.25, 0.3) is 0 Å². The first-order chi connectivity index (χ1) is 9.46. The van der Waals surface area contributed by atoms with Gasteiger partial charge in [0.05, 0.1) is 12.7 Å². The summed E-state index contributed by atoms with van der Waals surface area (Å²) >= 11 is 0. The summed E-state index contributed by atoms with van der Waals surface area (Å²) in [5, 5.41) is 0. The number of carbonyl (C=O) groups excluding carboxylic acids is 1. The van der Waals surface area contributed by atoms with E-state index in [-0.39, 0.29) is 22.8 Å². The van der Waals surface area contributed by atoms with Gasteiger partial charge in [-0.1, -0.05) is 12.2 Å². The van der Waals surface area contributed by atoms with Crippen molar-refractivity contribution >= 4 is 16.0 Å². The van der Waals surface area contributed by atoms with Crippen LogP contribution in [0.4, 0.5) is 0 Å². The Bertz CT molecular complexity index is 607. The third kappa shape index (κ3) is 3.82. The molecular weight excluding hydrogens is 282 g/mol. The van der Waals surface area contributed by atoms with Crippen molar-refractivity contribution in [3.8, 4) is 5.75 Å². The minimum absolute atomic E-state index is 0.108. The van der Waals surface area contributed by atoms with Crippen LogP contribution in [0.15, 0.2) is 35.2 Å². The van der Waals surface area contributed by atoms with E-state index in [1.807, 2.05) is 0 Å². The SMILES string of the molecule is C/C=C/COC(=O)c1ccc(OC)c(S(=O)(=O)NC)c1. The van der Waals surface area contributed by atoms with E-state index < -0.39 is 16.0 Å². The molecule has 0 aliphatic heterocycles. The predicted octanol–water partition coefficient (Wildman–Crippen LogP) is 1.34. The summed E-state index contributed by atoms with van der Waals surface area (Å²) in [6.45, 7) is 1.94. The molecule has 0 saturated carbocycles. The standard InChI is InChI=1S/C13H17NO5S/c1-4-5-8-19-13(15)10-6-7-11(18-3)12(9-10)20(16,17)14-2/h4-7,9,14H,8H2,1-3H3/b5-4+. The van der Waals surface area contributed by atoms with Gasteiger partial charge in [0.2, 0.25) is 10.0 Å². The van der Waals surface area contributed by atoms with Crippen LogP contribution in [0.1, 0.15) is 17.3 Å². The number of esters is 1. The molecular formula is C13H17NO5S. The first-order valence-corrected chi connectivity index (χ1v) is 7.34. The highest BCUT2D eigenvalue weighted by molar-refractivity contribution is 7.89. The summed E-state index contributed by atoms with van der Waals surface area (Å²) in [5.41, 5.74) is 0.143. The van der Waals surface area contributed by atoms with Gasteiger partial charge >= 0.3 is 5.97 Å². The molecule has 7 heteroatoms. The predicted molar refractivity (Wildman–Crippen MR) is 74.3 cm³/mol. The van der Waals surface area contributed by atoms with E-state index in [1.165, 1.54) is 32.4 Å². The smallest absolute Gasteiger partial charge is 0.338 e. The Balaban J connectivity index is 3.13. The maximum atomic E-state index is 11.9. The quantitative estimate of drug-likeness (QED) is 0.633. The number of benzene rings is 1. The van der Waals surface area contributed by atoms with Gasteiger partial charge in [0.15, 0.2) is 0 Å². The molecule has 0 bridgehead atoms. The van der Waals surface area contributed by atoms with E-state index in [1.54, 1.807) is 19.1 Å². The van der Waals surface area contributed by atoms with Gasteiger partial charge in [-0.15, -0.1) is 0 Å². The Hall–Kier alpha value is -1.86. The van der Waals surface area contributed by atoms with Crippen LogP contribution in [-0.4, -0.2) is 35.2 Å². The van der Waals surface area contributed by atoms with Gasteiger partial charge in [-0.25, -0.2) is 17.9 Å². The molecule has 0 aliphatic carbocycles. The van der Waals surface area contributed by atoms with Crippen LogP contribution in [0.2, 0.25) is 0 Å². The van der Waals surface area contributed by atoms with E-state index in [0.29, 0.717) is 0 Å². The van der Waals surface area contributed by atoms with Crippen molar-refractivity contribution in [1.29, 1.82) is 0 Å². The lowest BCUT2D eigenvalue weighted by Crippen LogP contribution is -2.20. The molecule has 1 aromatic rings. The van der Waals surface area contributed by atoms with Gasteiger partial charge in [-0.3, -0.25) is 0 Å². The minimum atomic E-state index is -3.72. The molecule has 0 radical (unpaired) electrons. The van der Waals surface area contributed by atoms with Crippen molar-refractivity contribution < 1.29 is 22.7 Å². The zero-order valence-electron chi connectivity index (χ0n) is 11.5. The number of ether oxygens (including phenoxy) is 2. The van der Waals surface area contributed by atoms with E-state index in [4.69, 9.17) is 9.47 Å². The van der Waals surface area contributed by atoms with E-state index in [9.17, 15) is 13.2 Å². The lowest BCUT2D eigenvalue weighted by Gasteiger charge is -2.10. The third-order valence-corrected chi connectivity index (χ3v) is 3.94. The van der Waals surface area contributed by atoms with E-state index in [2.05, 4.69) is 4.72 Å². The number of methoxy groups -OCH3 is 1. The second-order valence-electron chi connectivity index (χ2n) is 3.74. The van der Waals surface area contributed by atoms with E-state index in [0.717, 1.165) is 0 Å². The lowest BCUT2D eigenvalue weighted by atomic mass is 10.2. The molecule has 0 heterocycles. The average Bonchev–Trinajstić information content (AvgIpc) is 2.46. The average molecular weight is 299 g/mol. The lowest BCUT2D eigenvalue weighted by molar-refractivity contribution is 0.0549. The van der Waals surface area contributed by atoms with Gasteiger partial charge < -0.3 is 9.47 Å². The highest BCUT2D eigenvalue weighted by Crippen LogP contribution is 2.24. The molecule has 0 atom stereocenters. The molecule has 1 rings (SSSR count). The topological polar surface area (TPSA) is 81.7 Å². The summed E-state index contributed by atoms with van der Waals surface area (Å²) in [4.78, 5) is 11.7. The second-order valence-corrected chi connectivity index (χ2v) is 5.60. The van der Waals surface area contributed by atoms with Crippen molar-refractivity contribution in [2.75, 3.05) is 20.8 Å². The molecule has 0 saturated heterocycles. The Morgan fingerprint density at radius 2 is 2.10 bits per heavy atom. The Kier molecular flexibility index (Phi) is 5.72. The van der Waals surface area contributed by atoms with Gasteiger partial charge in [0.25, 0.3) is 0 Å². The van der Waals surface area contributed by atoms with Crippen LogP contribution in [-0.2, 0) is 14.8 Å². The highest BCUT2D eigenvalue weighted by Gasteiger charge is 2.20. The molecule has 0 amide bonds. The third-order valence-electron chi connectivity index (χ3n) is 2.50. The number of allylic oxidation sites excluding steroid dienone is 1. The molecule has 6 nitrogen and oxygen atoms in total. The molecule has 0 aliphatic rings. The minimum Gasteiger partial charge on any atom is -0.495 e. The molecule has 110 valence electrons. The Morgan fingerprint density at radius 1 is 1.40 bits per heavy atom. The first kappa shape index (κ1) is 16.2. The van der Waals surface area contributed by atoms with Crippen LogP contribution in [0.5, 0.6) is 5.75 Å². The number of sulfonamides is 1. The monoisotopic (exact) mass is 299 g/mol. The second kappa shape index (κ2) is 7.06. The van der Waals surface area contributed by atoms with Crippen LogP contribution >= 0.6 is 0 Å². The number of hydrogen-bond acceptors (Lipinski definition) is 5. The highest BCUT2D eigenvalue weighted by atomic mass is 32.2. The molecule has 0 fully saturated rings. The molecule has 1 aromatic carbocycles. The van der Waals surface area contributed by atoms with Crippen molar-refractivity contribution in [1.82, 2.24) is 4.72 Å². The fourth-order valence-electron chi connectivity index (χ4n) is 1.43. The molecule has 1 N–H and O–H groups in total. The number of carbonyl (C=O) groups is 1. The fourth-order valence-corrected chi connectivity index (χ4v) is 2.35. The van der Waals surface area contributed by atoms with Gasteiger partial charge in [0, 0.05) is 0 Å². The summed E-state index contributed by atoms with van der Waals surface area (Å²) in [6.07, 6.45) is 3.42. The summed E-state index contributed by atoms with van der Waals surface area (Å²) in [5.74, 6) is -0.442. The Morgan fingerprint density at radius 3 is 2.65 bits per heavy atom. The normalized spacial score (nSPS) is 11.6. The van der Waals surface area contributed by atoms with Crippen LogP contribution in [0.3, 0.4) is 0 Å². The largest absolute Gasteiger partial charge is 0.495 e. The molecule has 0 spiro atoms. The fraction of sp³-hybridized carbons (Fsp3) is 0.308. The molecule has 20 heavy (non-hydrogen) atoms. The number of nitrogens with one attached hydrogen (secondary N) is 1. The van der Waals surface area contributed by atoms with Crippen LogP contribution in [0, 0.1) is 0 Å². The van der Waals surface area contributed by atoms with Gasteiger partial charge in [-0.2, -0.15) is 0 Å².